The van der Waals surface area contributed by atoms with Crippen LogP contribution in [0.25, 0.3) is 22.3 Å². The van der Waals surface area contributed by atoms with Crippen LogP contribution >= 0.6 is 0 Å². The van der Waals surface area contributed by atoms with E-state index < -0.39 is 84.5 Å². The molecule has 1 aliphatic rings. The van der Waals surface area contributed by atoms with E-state index in [1.807, 2.05) is 116 Å². The van der Waals surface area contributed by atoms with Crippen molar-refractivity contribution in [3.8, 4) is 34.3 Å². The van der Waals surface area contributed by atoms with Crippen LogP contribution in [-0.4, -0.2) is 64.0 Å². The zero-order valence-electron chi connectivity index (χ0n) is 67.2. The number of hydrogen-bond acceptors (Lipinski definition) is 10. The SMILES string of the molecule is CC1OC(Oc2c(-c3ccc(O[Si](c4ccccc4)(c4ccccc4)C(C)(C)C)cc3)oc3cc(O[Si](c4ccccc4)(c4ccccc4)C(C)(C)C)cc(O[Si](c4ccccc4)(c4ccccc4)C(C)(C)C)c3c2=O)C(O[Si](c2ccccc2)(c2ccccc2)C(C)(C)C)C(OCc2ccccc2)C1OCc1ccccc1. The molecule has 14 rings (SSSR count). The van der Waals surface area contributed by atoms with Gasteiger partial charge in [-0.25, -0.2) is 0 Å². The van der Waals surface area contributed by atoms with Gasteiger partial charge in [0, 0.05) is 17.7 Å². The molecule has 113 heavy (non-hydrogen) atoms. The first-order valence-corrected chi connectivity index (χ1v) is 47.1. The van der Waals surface area contributed by atoms with Crippen LogP contribution < -0.4 is 64.9 Å². The maximum Gasteiger partial charge on any atom is 0.319 e. The van der Waals surface area contributed by atoms with Gasteiger partial charge in [0.2, 0.25) is 17.5 Å². The first-order chi connectivity index (χ1) is 54.4. The largest absolute Gasteiger partial charge is 0.534 e. The van der Waals surface area contributed by atoms with Gasteiger partial charge in [-0.2, -0.15) is 0 Å². The third-order valence-corrected chi connectivity index (χ3v) is 42.2. The van der Waals surface area contributed by atoms with Crippen molar-refractivity contribution in [1.82, 2.24) is 0 Å². The summed E-state index contributed by atoms with van der Waals surface area (Å²) in [5.41, 5.74) is 2.15. The van der Waals surface area contributed by atoms with Crippen molar-refractivity contribution in [2.24, 2.45) is 0 Å². The average Bonchev–Trinajstić information content (AvgIpc) is 0.731. The minimum absolute atomic E-state index is 0.128. The van der Waals surface area contributed by atoms with Crippen molar-refractivity contribution in [1.29, 1.82) is 0 Å². The number of fused-ring (bicyclic) bond motifs is 1. The van der Waals surface area contributed by atoms with Crippen molar-refractivity contribution >= 4 is 85.7 Å². The van der Waals surface area contributed by atoms with Crippen molar-refractivity contribution in [3.63, 3.8) is 0 Å². The Kier molecular flexibility index (Phi) is 23.2. The molecular weight excluding hydrogens is 1460 g/mol. The van der Waals surface area contributed by atoms with Gasteiger partial charge < -0.3 is 41.1 Å². The second kappa shape index (κ2) is 33.1. The van der Waals surface area contributed by atoms with Gasteiger partial charge in [0.15, 0.2) is 5.76 Å². The molecule has 2 heterocycles. The van der Waals surface area contributed by atoms with E-state index in [-0.39, 0.29) is 46.5 Å². The molecule has 5 atom stereocenters. The third-order valence-electron chi connectivity index (χ3n) is 22.3. The molecule has 5 unspecified atom stereocenters. The number of rotatable bonds is 25. The lowest BCUT2D eigenvalue weighted by Crippen LogP contribution is -2.72. The topological polar surface area (TPSA) is 104 Å². The van der Waals surface area contributed by atoms with Crippen molar-refractivity contribution in [2.45, 2.75) is 154 Å². The predicted octanol–water partition coefficient (Wildman–Crippen LogP) is 18.5. The fraction of sp³-hybridized carbons (Fsp3) is 0.242. The fourth-order valence-electron chi connectivity index (χ4n) is 17.0. The molecule has 0 N–H and O–H groups in total. The van der Waals surface area contributed by atoms with E-state index in [0.29, 0.717) is 17.1 Å². The van der Waals surface area contributed by atoms with Gasteiger partial charge in [0.25, 0.3) is 8.32 Å². The highest BCUT2D eigenvalue weighted by molar-refractivity contribution is 7.02. The van der Waals surface area contributed by atoms with Crippen LogP contribution in [0.1, 0.15) is 101 Å². The fourth-order valence-corrected chi connectivity index (χ4v) is 34.9. The summed E-state index contributed by atoms with van der Waals surface area (Å²) in [5, 5.41) is 6.58. The Hall–Kier alpha value is -10.2. The highest BCUT2D eigenvalue weighted by Crippen LogP contribution is 2.48. The molecule has 0 radical (unpaired) electrons. The summed E-state index contributed by atoms with van der Waals surface area (Å²) < 4.78 is 70.6. The van der Waals surface area contributed by atoms with Crippen molar-refractivity contribution < 1.29 is 41.1 Å². The first kappa shape index (κ1) is 79.4. The van der Waals surface area contributed by atoms with Gasteiger partial charge in [0.05, 0.1) is 19.3 Å². The van der Waals surface area contributed by atoms with Gasteiger partial charge in [-0.05, 0) is 104 Å². The molecule has 1 saturated heterocycles. The maximum absolute atomic E-state index is 17.9. The van der Waals surface area contributed by atoms with Gasteiger partial charge in [-0.15, -0.1) is 0 Å². The Labute approximate surface area is 671 Å². The quantitative estimate of drug-likeness (QED) is 0.0514. The molecular formula is C99H104O10Si4. The molecule has 14 heteroatoms. The molecule has 1 aromatic heterocycles. The Morgan fingerprint density at radius 2 is 0.646 bits per heavy atom. The highest BCUT2D eigenvalue weighted by Gasteiger charge is 2.59. The average molecular weight is 1570 g/mol. The molecule has 1 fully saturated rings. The first-order valence-electron chi connectivity index (χ1n) is 39.4. The van der Waals surface area contributed by atoms with Gasteiger partial charge >= 0.3 is 25.0 Å². The summed E-state index contributed by atoms with van der Waals surface area (Å²) in [6, 6.07) is 116. The molecule has 576 valence electrons. The second-order valence-corrected chi connectivity index (χ2v) is 50.7. The summed E-state index contributed by atoms with van der Waals surface area (Å²) in [6.07, 6.45) is -4.90. The van der Waals surface area contributed by atoms with Gasteiger partial charge in [0.1, 0.15) is 46.5 Å². The smallest absolute Gasteiger partial charge is 0.319 e. The molecule has 10 nitrogen and oxygen atoms in total. The molecule has 0 aliphatic carbocycles. The molecule has 0 amide bonds. The maximum atomic E-state index is 17.9. The molecule has 13 aromatic rings. The second-order valence-electron chi connectivity index (χ2n) is 33.8. The van der Waals surface area contributed by atoms with E-state index in [2.05, 4.69) is 314 Å². The number of hydrogen-bond donors (Lipinski definition) is 0. The Balaban J connectivity index is 1.06. The standard InChI is InChI=1S/C99H104O10Si4/c1-72-90(101-70-73-44-24-14-25-45-73)93(102-71-74-46-26-15-27-47-74)94(109-113(99(11,12)13,84-60-40-22-41-61-84)85-62-42-23-43-63-85)95(103-72)105-92-89(100)88-86(104-91(92)75-64-66-76(67-65-75)106-110(96(2,3)4,78-48-28-16-29-49-78)79-50-30-17-31-51-79)68-77(107-111(97(5,6)7,80-52-32-18-33-53-80)81-54-34-19-35-55-81)69-87(88)108-112(98(8,9)10,82-56-36-20-37-57-82)83-58-38-21-39-59-83/h14-69,72,90,93-95H,70-71H2,1-13H3. The minimum Gasteiger partial charge on any atom is -0.534 e. The number of benzene rings is 12. The zero-order chi connectivity index (χ0) is 79.2. The van der Waals surface area contributed by atoms with Crippen LogP contribution in [-0.2, 0) is 31.9 Å². The van der Waals surface area contributed by atoms with E-state index in [0.717, 1.165) is 52.6 Å². The molecule has 0 spiro atoms. The van der Waals surface area contributed by atoms with Crippen molar-refractivity contribution in [2.75, 3.05) is 0 Å². The Bertz CT molecular complexity index is 5160. The minimum atomic E-state index is -3.67. The van der Waals surface area contributed by atoms with E-state index in [1.165, 1.54) is 0 Å². The Morgan fingerprint density at radius 3 is 0.991 bits per heavy atom. The van der Waals surface area contributed by atoms with E-state index >= 15 is 4.79 Å². The summed E-state index contributed by atoms with van der Waals surface area (Å²) in [5.74, 6) is 1.35. The lowest BCUT2D eigenvalue weighted by Gasteiger charge is -2.51. The van der Waals surface area contributed by atoms with Crippen LogP contribution in [0.3, 0.4) is 0 Å². The molecule has 12 aromatic carbocycles. The normalized spacial score (nSPS) is 16.6. The van der Waals surface area contributed by atoms with Crippen LogP contribution in [0, 0.1) is 0 Å². The zero-order valence-corrected chi connectivity index (χ0v) is 71.2. The van der Waals surface area contributed by atoms with Crippen molar-refractivity contribution in [3.05, 3.63) is 361 Å². The summed E-state index contributed by atoms with van der Waals surface area (Å²) in [7, 11) is -14.0. The van der Waals surface area contributed by atoms with Crippen LogP contribution in [0.15, 0.2) is 349 Å². The predicted molar refractivity (Wildman–Crippen MR) is 470 cm³/mol. The van der Waals surface area contributed by atoms with Gasteiger partial charge in [-0.3, -0.25) is 4.79 Å². The monoisotopic (exact) mass is 1560 g/mol. The van der Waals surface area contributed by atoms with Gasteiger partial charge in [-0.1, -0.05) is 386 Å². The summed E-state index contributed by atoms with van der Waals surface area (Å²) >= 11 is 0. The number of ether oxygens (including phenoxy) is 4. The summed E-state index contributed by atoms with van der Waals surface area (Å²) in [6.45, 7) is 29.5. The summed E-state index contributed by atoms with van der Waals surface area (Å²) in [4.78, 5) is 17.9. The van der Waals surface area contributed by atoms with Crippen LogP contribution in [0.5, 0.6) is 23.0 Å². The molecule has 0 saturated carbocycles. The van der Waals surface area contributed by atoms with E-state index in [1.54, 1.807) is 0 Å². The highest BCUT2D eigenvalue weighted by atomic mass is 28.4. The van der Waals surface area contributed by atoms with E-state index in [4.69, 9.17) is 41.1 Å². The molecule has 0 bridgehead atoms. The lowest BCUT2D eigenvalue weighted by molar-refractivity contribution is -0.285. The van der Waals surface area contributed by atoms with E-state index in [9.17, 15) is 0 Å². The lowest BCUT2D eigenvalue weighted by atomic mass is 9.98. The Morgan fingerprint density at radius 1 is 0.336 bits per heavy atom. The van der Waals surface area contributed by atoms with Crippen LogP contribution in [0.2, 0.25) is 20.2 Å². The van der Waals surface area contributed by atoms with Crippen LogP contribution in [0.4, 0.5) is 0 Å². The third kappa shape index (κ3) is 15.7. The molecule has 1 aliphatic heterocycles.